The molecule has 0 aromatic heterocycles. The average molecular weight is 506 g/mol. The van der Waals surface area contributed by atoms with Crippen LogP contribution >= 0.6 is 11.8 Å². The lowest BCUT2D eigenvalue weighted by molar-refractivity contribution is -0.125. The lowest BCUT2D eigenvalue weighted by atomic mass is 10.1. The fourth-order valence-electron chi connectivity index (χ4n) is 3.98. The molecule has 0 radical (unpaired) electrons. The molecule has 0 saturated heterocycles. The SMILES string of the molecule is CC[C@@H](C)NC(=O)CSC1=Nc2ccccc2C2=N[C@@H](CCC(=O)NCCc3ccccc3)C(=O)N12. The molecule has 2 aliphatic rings. The number of nitrogens with one attached hydrogen (secondary N) is 2. The maximum absolute atomic E-state index is 13.3. The maximum atomic E-state index is 13.3. The predicted molar refractivity (Wildman–Crippen MR) is 143 cm³/mol. The number of carbonyl (C=O) groups is 3. The Kier molecular flexibility index (Phi) is 8.53. The van der Waals surface area contributed by atoms with E-state index in [9.17, 15) is 14.4 Å². The lowest BCUT2D eigenvalue weighted by Crippen LogP contribution is -2.42. The summed E-state index contributed by atoms with van der Waals surface area (Å²) in [5, 5.41) is 6.30. The monoisotopic (exact) mass is 505 g/mol. The molecule has 188 valence electrons. The highest BCUT2D eigenvalue weighted by atomic mass is 32.2. The van der Waals surface area contributed by atoms with E-state index in [0.29, 0.717) is 29.7 Å². The van der Waals surface area contributed by atoms with Crippen LogP contribution in [0.15, 0.2) is 64.6 Å². The molecule has 9 heteroatoms. The summed E-state index contributed by atoms with van der Waals surface area (Å²) in [4.78, 5) is 48.9. The molecular weight excluding hydrogens is 474 g/mol. The number of para-hydroxylation sites is 1. The van der Waals surface area contributed by atoms with Crippen LogP contribution in [0.2, 0.25) is 0 Å². The second kappa shape index (κ2) is 12.0. The predicted octanol–water partition coefficient (Wildman–Crippen LogP) is 3.43. The van der Waals surface area contributed by atoms with E-state index in [2.05, 4.69) is 20.6 Å². The Morgan fingerprint density at radius 2 is 1.83 bits per heavy atom. The zero-order chi connectivity index (χ0) is 25.5. The van der Waals surface area contributed by atoms with E-state index in [1.165, 1.54) is 16.7 Å². The lowest BCUT2D eigenvalue weighted by Gasteiger charge is -2.25. The number of rotatable bonds is 10. The topological polar surface area (TPSA) is 103 Å². The second-order valence-electron chi connectivity index (χ2n) is 8.84. The molecule has 0 fully saturated rings. The van der Waals surface area contributed by atoms with E-state index in [1.807, 2.05) is 68.4 Å². The van der Waals surface area contributed by atoms with Gasteiger partial charge in [-0.05, 0) is 43.9 Å². The van der Waals surface area contributed by atoms with Gasteiger partial charge in [0.05, 0.1) is 11.4 Å². The minimum Gasteiger partial charge on any atom is -0.356 e. The molecule has 2 heterocycles. The summed E-state index contributed by atoms with van der Waals surface area (Å²) in [5.41, 5.74) is 2.64. The van der Waals surface area contributed by atoms with Gasteiger partial charge in [0.15, 0.2) is 5.17 Å². The molecule has 0 spiro atoms. The van der Waals surface area contributed by atoms with Crippen molar-refractivity contribution in [2.24, 2.45) is 9.98 Å². The van der Waals surface area contributed by atoms with Gasteiger partial charge in [-0.2, -0.15) is 0 Å². The third-order valence-electron chi connectivity index (χ3n) is 6.12. The van der Waals surface area contributed by atoms with Crippen molar-refractivity contribution in [3.63, 3.8) is 0 Å². The van der Waals surface area contributed by atoms with Gasteiger partial charge in [0, 0.05) is 24.6 Å². The van der Waals surface area contributed by atoms with Gasteiger partial charge in [-0.1, -0.05) is 61.2 Å². The Bertz CT molecular complexity index is 1180. The van der Waals surface area contributed by atoms with E-state index in [1.54, 1.807) is 0 Å². The first-order chi connectivity index (χ1) is 17.5. The Hall–Kier alpha value is -3.46. The number of aliphatic imine (C=N–C) groups is 2. The Balaban J connectivity index is 1.38. The molecule has 2 aliphatic heterocycles. The highest BCUT2D eigenvalue weighted by Crippen LogP contribution is 2.34. The Morgan fingerprint density at radius 3 is 2.61 bits per heavy atom. The summed E-state index contributed by atoms with van der Waals surface area (Å²) in [6, 6.07) is 16.9. The maximum Gasteiger partial charge on any atom is 0.259 e. The van der Waals surface area contributed by atoms with E-state index in [-0.39, 0.29) is 35.9 Å². The molecule has 3 amide bonds. The summed E-state index contributed by atoms with van der Waals surface area (Å²) in [6.45, 7) is 4.51. The number of hydrogen-bond acceptors (Lipinski definition) is 6. The van der Waals surface area contributed by atoms with E-state index in [0.717, 1.165) is 24.0 Å². The first kappa shape index (κ1) is 25.6. The number of thioether (sulfide) groups is 1. The number of hydrogen-bond donors (Lipinski definition) is 2. The molecule has 36 heavy (non-hydrogen) atoms. The van der Waals surface area contributed by atoms with Crippen LogP contribution in [0, 0.1) is 0 Å². The van der Waals surface area contributed by atoms with Crippen molar-refractivity contribution in [1.82, 2.24) is 15.5 Å². The van der Waals surface area contributed by atoms with E-state index < -0.39 is 6.04 Å². The quantitative estimate of drug-likeness (QED) is 0.516. The van der Waals surface area contributed by atoms with Gasteiger partial charge in [0.2, 0.25) is 11.8 Å². The highest BCUT2D eigenvalue weighted by Gasteiger charge is 2.41. The molecule has 0 bridgehead atoms. The van der Waals surface area contributed by atoms with Crippen LogP contribution in [0.5, 0.6) is 0 Å². The van der Waals surface area contributed by atoms with Crippen LogP contribution in [0.1, 0.15) is 44.2 Å². The second-order valence-corrected chi connectivity index (χ2v) is 9.79. The van der Waals surface area contributed by atoms with Gasteiger partial charge in [-0.15, -0.1) is 0 Å². The summed E-state index contributed by atoms with van der Waals surface area (Å²) < 4.78 is 0. The van der Waals surface area contributed by atoms with Gasteiger partial charge < -0.3 is 10.6 Å². The first-order valence-corrected chi connectivity index (χ1v) is 13.3. The van der Waals surface area contributed by atoms with Gasteiger partial charge in [-0.25, -0.2) is 9.89 Å². The van der Waals surface area contributed by atoms with Crippen LogP contribution in [-0.4, -0.2) is 58.0 Å². The zero-order valence-electron chi connectivity index (χ0n) is 20.6. The molecular formula is C27H31N5O3S. The minimum atomic E-state index is -0.661. The first-order valence-electron chi connectivity index (χ1n) is 12.3. The number of carbonyl (C=O) groups excluding carboxylic acids is 3. The smallest absolute Gasteiger partial charge is 0.259 e. The third-order valence-corrected chi connectivity index (χ3v) is 7.06. The molecule has 2 aromatic carbocycles. The Morgan fingerprint density at radius 1 is 1.08 bits per heavy atom. The zero-order valence-corrected chi connectivity index (χ0v) is 21.4. The summed E-state index contributed by atoms with van der Waals surface area (Å²) >= 11 is 1.22. The molecule has 0 aliphatic carbocycles. The molecule has 2 aromatic rings. The highest BCUT2D eigenvalue weighted by molar-refractivity contribution is 8.14. The molecule has 2 N–H and O–H groups in total. The van der Waals surface area contributed by atoms with Crippen molar-refractivity contribution in [1.29, 1.82) is 0 Å². The summed E-state index contributed by atoms with van der Waals surface area (Å²) in [7, 11) is 0. The minimum absolute atomic E-state index is 0.0842. The van der Waals surface area contributed by atoms with Gasteiger partial charge in [0.1, 0.15) is 11.9 Å². The largest absolute Gasteiger partial charge is 0.356 e. The molecule has 0 unspecified atom stereocenters. The summed E-state index contributed by atoms with van der Waals surface area (Å²) in [5.74, 6) is 0.255. The molecule has 4 rings (SSSR count). The number of benzene rings is 2. The van der Waals surface area contributed by atoms with Crippen molar-refractivity contribution in [3.8, 4) is 0 Å². The fraction of sp³-hybridized carbons (Fsp3) is 0.370. The Labute approximate surface area is 215 Å². The number of nitrogens with zero attached hydrogens (tertiary/aromatic N) is 3. The van der Waals surface area contributed by atoms with Crippen molar-refractivity contribution >= 4 is 46.2 Å². The number of amidine groups is 2. The third kappa shape index (κ3) is 6.20. The van der Waals surface area contributed by atoms with Crippen LogP contribution in [0.25, 0.3) is 0 Å². The van der Waals surface area contributed by atoms with Crippen LogP contribution in [-0.2, 0) is 20.8 Å². The van der Waals surface area contributed by atoms with Crippen LogP contribution in [0.4, 0.5) is 5.69 Å². The number of fused-ring (bicyclic) bond motifs is 3. The van der Waals surface area contributed by atoms with Gasteiger partial charge in [-0.3, -0.25) is 19.4 Å². The van der Waals surface area contributed by atoms with Crippen LogP contribution < -0.4 is 10.6 Å². The van der Waals surface area contributed by atoms with Gasteiger partial charge in [0.25, 0.3) is 5.91 Å². The van der Waals surface area contributed by atoms with Gasteiger partial charge >= 0.3 is 0 Å². The average Bonchev–Trinajstić information content (AvgIpc) is 3.23. The molecule has 0 saturated carbocycles. The van der Waals surface area contributed by atoms with E-state index >= 15 is 0 Å². The molecule has 8 nitrogen and oxygen atoms in total. The number of amides is 3. The summed E-state index contributed by atoms with van der Waals surface area (Å²) in [6.07, 6.45) is 2.11. The van der Waals surface area contributed by atoms with Crippen molar-refractivity contribution in [2.75, 3.05) is 12.3 Å². The molecule has 2 atom stereocenters. The van der Waals surface area contributed by atoms with Crippen LogP contribution in [0.3, 0.4) is 0 Å². The van der Waals surface area contributed by atoms with E-state index in [4.69, 9.17) is 0 Å². The van der Waals surface area contributed by atoms with Crippen molar-refractivity contribution in [2.45, 2.75) is 51.6 Å². The van der Waals surface area contributed by atoms with Crippen molar-refractivity contribution < 1.29 is 14.4 Å². The standard InChI is InChI=1S/C27H31N5O3S/c1-3-18(2)29-24(34)17-36-27-31-21-12-8-7-11-20(21)25-30-22(26(35)32(25)27)13-14-23(33)28-16-15-19-9-5-4-6-10-19/h4-12,18,22H,3,13-17H2,1-2H3,(H,28,33)(H,29,34)/t18-,22+/m1/s1. The normalized spacial score (nSPS) is 17.0. The van der Waals surface area contributed by atoms with Crippen molar-refractivity contribution in [3.05, 3.63) is 65.7 Å². The fourth-order valence-corrected chi connectivity index (χ4v) is 4.79.